The molecule has 1 aliphatic rings. The number of nitrogens with zero attached hydrogens (tertiary/aromatic N) is 2. The zero-order chi connectivity index (χ0) is 25.9. The molecule has 188 valence electrons. The fourth-order valence-electron chi connectivity index (χ4n) is 4.46. The molecule has 5 rings (SSSR count). The van der Waals surface area contributed by atoms with Crippen molar-refractivity contribution in [2.45, 2.75) is 17.4 Å². The van der Waals surface area contributed by atoms with Gasteiger partial charge in [0.15, 0.2) is 0 Å². The predicted molar refractivity (Wildman–Crippen MR) is 147 cm³/mol. The fourth-order valence-corrected chi connectivity index (χ4v) is 5.89. The van der Waals surface area contributed by atoms with Crippen molar-refractivity contribution in [3.63, 3.8) is 0 Å². The first-order valence-corrected chi connectivity index (χ1v) is 13.1. The first-order valence-electron chi connectivity index (χ1n) is 11.7. The number of methoxy groups -OCH3 is 1. The van der Waals surface area contributed by atoms with Gasteiger partial charge in [-0.3, -0.25) is 9.78 Å². The molecule has 3 aromatic carbocycles. The van der Waals surface area contributed by atoms with Gasteiger partial charge in [0, 0.05) is 34.4 Å². The zero-order valence-electron chi connectivity index (χ0n) is 20.0. The minimum atomic E-state index is -0.724. The molecule has 1 fully saturated rings. The van der Waals surface area contributed by atoms with Crippen molar-refractivity contribution < 1.29 is 19.7 Å². The summed E-state index contributed by atoms with van der Waals surface area (Å²) in [4.78, 5) is 19.4. The summed E-state index contributed by atoms with van der Waals surface area (Å²) in [6.07, 6.45) is 2.71. The number of benzene rings is 3. The van der Waals surface area contributed by atoms with Crippen LogP contribution in [0.2, 0.25) is 5.02 Å². The lowest BCUT2D eigenvalue weighted by Crippen LogP contribution is -2.57. The third-order valence-electron chi connectivity index (χ3n) is 6.43. The highest BCUT2D eigenvalue weighted by Crippen LogP contribution is 2.46. The summed E-state index contributed by atoms with van der Waals surface area (Å²) in [5, 5.41) is 20.7. The molecule has 0 bridgehead atoms. The molecule has 1 aromatic heterocycles. The number of hydrogen-bond acceptors (Lipinski definition) is 6. The Kier molecular flexibility index (Phi) is 7.37. The van der Waals surface area contributed by atoms with Crippen molar-refractivity contribution in [2.24, 2.45) is 0 Å². The smallest absolute Gasteiger partial charge is 0.243 e. The first-order chi connectivity index (χ1) is 18.0. The second-order valence-electron chi connectivity index (χ2n) is 8.69. The molecule has 2 N–H and O–H groups in total. The summed E-state index contributed by atoms with van der Waals surface area (Å²) < 4.78 is 5.45. The fraction of sp³-hybridized carbons (Fsp3) is 0.172. The number of ether oxygens (including phenoxy) is 1. The average molecular weight is 533 g/mol. The number of pyridine rings is 1. The highest BCUT2D eigenvalue weighted by atomic mass is 35.5. The molecule has 0 aliphatic carbocycles. The number of hydrogen-bond donors (Lipinski definition) is 2. The van der Waals surface area contributed by atoms with Crippen LogP contribution in [0, 0.1) is 0 Å². The number of carbonyl (C=O) groups excluding carboxylic acids is 1. The van der Waals surface area contributed by atoms with Crippen LogP contribution in [0.15, 0.2) is 91.3 Å². The quantitative estimate of drug-likeness (QED) is 0.269. The van der Waals surface area contributed by atoms with E-state index >= 15 is 0 Å². The standard InChI is InChI=1S/C29H25ClN2O4S/c1-36-26-14-15-31-16-24(26)18-4-10-22(11-5-18)32-27(20-6-12-23(33)13-7-20)28(29(32)35)37-17-25(34)19-2-8-21(30)9-3-19/h2-16,25,27-28,33-34H,17H2,1H3/t25-,27+,28+/m0/s1. The average Bonchev–Trinajstić information content (AvgIpc) is 2.93. The maximum absolute atomic E-state index is 13.4. The predicted octanol–water partition coefficient (Wildman–Crippen LogP) is 6.04. The van der Waals surface area contributed by atoms with Gasteiger partial charge in [0.25, 0.3) is 0 Å². The van der Waals surface area contributed by atoms with Gasteiger partial charge in [-0.15, -0.1) is 11.8 Å². The molecular formula is C29H25ClN2O4S. The number of carbonyl (C=O) groups is 1. The number of aliphatic hydroxyl groups is 1. The van der Waals surface area contributed by atoms with Crippen molar-refractivity contribution in [2.75, 3.05) is 17.8 Å². The number of β-lactam (4-membered cyclic amide) rings is 1. The van der Waals surface area contributed by atoms with Gasteiger partial charge in [-0.05, 0) is 59.2 Å². The summed E-state index contributed by atoms with van der Waals surface area (Å²) in [7, 11) is 1.62. The van der Waals surface area contributed by atoms with Gasteiger partial charge in [0.1, 0.15) is 16.7 Å². The molecule has 2 heterocycles. The highest BCUT2D eigenvalue weighted by Gasteiger charge is 2.49. The largest absolute Gasteiger partial charge is 0.508 e. The normalized spacial score (nSPS) is 17.8. The number of halogens is 1. The summed E-state index contributed by atoms with van der Waals surface area (Å²) in [5.74, 6) is 1.22. The van der Waals surface area contributed by atoms with E-state index in [0.29, 0.717) is 10.8 Å². The number of phenolic OH excluding ortho intramolecular Hbond substituents is 1. The molecule has 1 saturated heterocycles. The molecule has 0 saturated carbocycles. The minimum absolute atomic E-state index is 0.0295. The number of anilines is 1. The van der Waals surface area contributed by atoms with Crippen LogP contribution in [-0.2, 0) is 4.79 Å². The topological polar surface area (TPSA) is 82.9 Å². The molecule has 1 amide bonds. The maximum Gasteiger partial charge on any atom is 0.243 e. The molecule has 3 atom stereocenters. The van der Waals surface area contributed by atoms with Crippen molar-refractivity contribution >= 4 is 35.0 Å². The number of rotatable bonds is 8. The minimum Gasteiger partial charge on any atom is -0.508 e. The highest BCUT2D eigenvalue weighted by molar-refractivity contribution is 8.00. The third-order valence-corrected chi connectivity index (χ3v) is 8.00. The number of aliphatic hydroxyl groups excluding tert-OH is 1. The number of phenols is 1. The second-order valence-corrected chi connectivity index (χ2v) is 10.3. The maximum atomic E-state index is 13.4. The second kappa shape index (κ2) is 10.8. The van der Waals surface area contributed by atoms with Crippen LogP contribution in [-0.4, -0.2) is 39.2 Å². The lowest BCUT2D eigenvalue weighted by atomic mass is 9.92. The Morgan fingerprint density at radius 1 is 1.03 bits per heavy atom. The Morgan fingerprint density at radius 3 is 2.41 bits per heavy atom. The third kappa shape index (κ3) is 5.16. The molecule has 0 radical (unpaired) electrons. The van der Waals surface area contributed by atoms with E-state index in [1.807, 2.05) is 42.5 Å². The summed E-state index contributed by atoms with van der Waals surface area (Å²) in [6.45, 7) is 0. The Labute approximate surface area is 224 Å². The van der Waals surface area contributed by atoms with Gasteiger partial charge in [-0.1, -0.05) is 48.0 Å². The van der Waals surface area contributed by atoms with Crippen LogP contribution in [0.4, 0.5) is 5.69 Å². The zero-order valence-corrected chi connectivity index (χ0v) is 21.6. The van der Waals surface area contributed by atoms with E-state index in [0.717, 1.165) is 33.7 Å². The summed E-state index contributed by atoms with van der Waals surface area (Å²) in [6, 6.07) is 23.3. The van der Waals surface area contributed by atoms with Crippen molar-refractivity contribution in [1.29, 1.82) is 0 Å². The van der Waals surface area contributed by atoms with Crippen molar-refractivity contribution in [3.8, 4) is 22.6 Å². The van der Waals surface area contributed by atoms with E-state index in [9.17, 15) is 15.0 Å². The van der Waals surface area contributed by atoms with E-state index in [2.05, 4.69) is 4.98 Å². The number of aromatic nitrogens is 1. The monoisotopic (exact) mass is 532 g/mol. The van der Waals surface area contributed by atoms with E-state index in [1.165, 1.54) is 11.8 Å². The Morgan fingerprint density at radius 2 is 1.73 bits per heavy atom. The number of amides is 1. The van der Waals surface area contributed by atoms with Crippen LogP contribution in [0.5, 0.6) is 11.5 Å². The molecule has 0 spiro atoms. The molecular weight excluding hydrogens is 508 g/mol. The molecule has 37 heavy (non-hydrogen) atoms. The van der Waals surface area contributed by atoms with E-state index in [4.69, 9.17) is 16.3 Å². The van der Waals surface area contributed by atoms with Gasteiger partial charge in [0.2, 0.25) is 5.91 Å². The first kappa shape index (κ1) is 25.1. The van der Waals surface area contributed by atoms with E-state index in [1.54, 1.807) is 60.8 Å². The van der Waals surface area contributed by atoms with Crippen LogP contribution in [0.3, 0.4) is 0 Å². The lowest BCUT2D eigenvalue weighted by Gasteiger charge is -2.47. The Balaban J connectivity index is 1.38. The molecule has 1 aliphatic heterocycles. The van der Waals surface area contributed by atoms with Gasteiger partial charge in [0.05, 0.1) is 19.3 Å². The number of aromatic hydroxyl groups is 1. The van der Waals surface area contributed by atoms with Crippen LogP contribution >= 0.6 is 23.4 Å². The van der Waals surface area contributed by atoms with Gasteiger partial charge >= 0.3 is 0 Å². The summed E-state index contributed by atoms with van der Waals surface area (Å²) >= 11 is 7.39. The van der Waals surface area contributed by atoms with E-state index < -0.39 is 6.10 Å². The van der Waals surface area contributed by atoms with Crippen LogP contribution in [0.1, 0.15) is 23.3 Å². The Hall–Kier alpha value is -3.52. The van der Waals surface area contributed by atoms with Gasteiger partial charge in [-0.2, -0.15) is 0 Å². The molecule has 8 heteroatoms. The van der Waals surface area contributed by atoms with Crippen LogP contribution in [0.25, 0.3) is 11.1 Å². The lowest BCUT2D eigenvalue weighted by molar-refractivity contribution is -0.123. The van der Waals surface area contributed by atoms with Gasteiger partial charge < -0.3 is 19.8 Å². The molecule has 0 unspecified atom stereocenters. The van der Waals surface area contributed by atoms with Crippen LogP contribution < -0.4 is 9.64 Å². The van der Waals surface area contributed by atoms with E-state index in [-0.39, 0.29) is 22.9 Å². The van der Waals surface area contributed by atoms with Crippen molar-refractivity contribution in [1.82, 2.24) is 4.98 Å². The summed E-state index contributed by atoms with van der Waals surface area (Å²) in [5.41, 5.74) is 4.23. The molecule has 6 nitrogen and oxygen atoms in total. The number of thioether (sulfide) groups is 1. The SMILES string of the molecule is COc1ccncc1-c1ccc(N2C(=O)[C@H](SC[C@H](O)c3ccc(Cl)cc3)[C@H]2c2ccc(O)cc2)cc1. The van der Waals surface area contributed by atoms with Crippen molar-refractivity contribution in [3.05, 3.63) is 107 Å². The Bertz CT molecular complexity index is 1380. The van der Waals surface area contributed by atoms with Gasteiger partial charge in [-0.25, -0.2) is 0 Å². The molecule has 4 aromatic rings.